The van der Waals surface area contributed by atoms with Crippen molar-refractivity contribution in [2.75, 3.05) is 12.0 Å². The largest absolute Gasteiger partial charge is 0.480 e. The average Bonchev–Trinajstić information content (AvgIpc) is 2.66. The highest BCUT2D eigenvalue weighted by atomic mass is 32.2. The number of aliphatic hydroxyl groups excluding tert-OH is 1. The number of nitrogens with two attached hydrogens (primary N) is 2. The van der Waals surface area contributed by atoms with Crippen LogP contribution in [-0.4, -0.2) is 82.1 Å². The summed E-state index contributed by atoms with van der Waals surface area (Å²) in [6.45, 7) is 4.67. The number of thioether (sulfide) groups is 1. The topological polar surface area (TPSA) is 214 Å². The summed E-state index contributed by atoms with van der Waals surface area (Å²) >= 11 is 1.41. The quantitative estimate of drug-likeness (QED) is 0.145. The fourth-order valence-corrected chi connectivity index (χ4v) is 2.91. The van der Waals surface area contributed by atoms with Crippen molar-refractivity contribution in [1.29, 1.82) is 0 Å². The van der Waals surface area contributed by atoms with Crippen LogP contribution in [0.4, 0.5) is 0 Å². The van der Waals surface area contributed by atoms with Gasteiger partial charge in [-0.15, -0.1) is 0 Å². The summed E-state index contributed by atoms with van der Waals surface area (Å²) in [5, 5.41) is 25.8. The van der Waals surface area contributed by atoms with Crippen molar-refractivity contribution in [3.05, 3.63) is 0 Å². The molecule has 0 aromatic heterocycles. The van der Waals surface area contributed by atoms with Crippen molar-refractivity contribution in [3.63, 3.8) is 0 Å². The van der Waals surface area contributed by atoms with E-state index >= 15 is 0 Å². The van der Waals surface area contributed by atoms with Crippen LogP contribution in [0.5, 0.6) is 0 Å². The summed E-state index contributed by atoms with van der Waals surface area (Å²) in [4.78, 5) is 59.9. The zero-order valence-corrected chi connectivity index (χ0v) is 18.9. The van der Waals surface area contributed by atoms with Gasteiger partial charge in [-0.3, -0.25) is 19.2 Å². The van der Waals surface area contributed by atoms with E-state index in [0.29, 0.717) is 5.75 Å². The van der Waals surface area contributed by atoms with Crippen LogP contribution < -0.4 is 27.4 Å². The molecule has 5 atom stereocenters. The van der Waals surface area contributed by atoms with Gasteiger partial charge in [0, 0.05) is 0 Å². The highest BCUT2D eigenvalue weighted by Crippen LogP contribution is 2.07. The third-order valence-corrected chi connectivity index (χ3v) is 4.98. The van der Waals surface area contributed by atoms with Gasteiger partial charge in [0.2, 0.25) is 23.6 Å². The van der Waals surface area contributed by atoms with Gasteiger partial charge in [0.25, 0.3) is 0 Å². The summed E-state index contributed by atoms with van der Waals surface area (Å²) in [6, 6.07) is -4.95. The van der Waals surface area contributed by atoms with Gasteiger partial charge in [-0.25, -0.2) is 4.79 Å². The van der Waals surface area contributed by atoms with Crippen LogP contribution in [0.25, 0.3) is 0 Å². The first kappa shape index (κ1) is 28.6. The fraction of sp³-hybridized carbons (Fsp3) is 0.722. The summed E-state index contributed by atoms with van der Waals surface area (Å²) in [6.07, 6.45) is 0.229. The Balaban J connectivity index is 5.42. The van der Waals surface area contributed by atoms with Crippen molar-refractivity contribution >= 4 is 41.4 Å². The second-order valence-electron chi connectivity index (χ2n) is 7.41. The number of carbonyl (C=O) groups excluding carboxylic acids is 4. The third kappa shape index (κ3) is 10.5. The molecule has 0 aliphatic heterocycles. The number of hydrogen-bond acceptors (Lipinski definition) is 8. The number of nitrogens with one attached hydrogen (secondary N) is 3. The number of carboxylic acids is 1. The summed E-state index contributed by atoms with van der Waals surface area (Å²) in [5.74, 6) is -4.47. The molecule has 0 saturated heterocycles. The van der Waals surface area contributed by atoms with Crippen LogP contribution in [0.15, 0.2) is 0 Å². The Morgan fingerprint density at radius 3 is 1.90 bits per heavy atom. The molecule has 0 spiro atoms. The summed E-state index contributed by atoms with van der Waals surface area (Å²) in [7, 11) is 0. The van der Waals surface area contributed by atoms with E-state index in [-0.39, 0.29) is 12.3 Å². The number of rotatable bonds is 14. The lowest BCUT2D eigenvalue weighted by molar-refractivity contribution is -0.143. The lowest BCUT2D eigenvalue weighted by Crippen LogP contribution is -2.59. The fourth-order valence-electron chi connectivity index (χ4n) is 2.44. The zero-order chi connectivity index (χ0) is 24.3. The Kier molecular flexibility index (Phi) is 12.8. The maximum Gasteiger partial charge on any atom is 0.326 e. The number of primary amides is 1. The van der Waals surface area contributed by atoms with Crippen molar-refractivity contribution in [2.45, 2.75) is 63.9 Å². The first-order valence-corrected chi connectivity index (χ1v) is 11.1. The van der Waals surface area contributed by atoms with Gasteiger partial charge in [0.15, 0.2) is 0 Å². The molecule has 0 aromatic carbocycles. The Hall–Kier alpha value is -2.38. The number of carboxylic acid groups (broad SMARTS) is 1. The predicted molar refractivity (Wildman–Crippen MR) is 115 cm³/mol. The third-order valence-electron chi connectivity index (χ3n) is 4.33. The molecule has 0 aliphatic carbocycles. The molecular weight excluding hydrogens is 430 g/mol. The minimum Gasteiger partial charge on any atom is -0.480 e. The first-order chi connectivity index (χ1) is 14.3. The first-order valence-electron chi connectivity index (χ1n) is 9.66. The Morgan fingerprint density at radius 2 is 1.48 bits per heavy atom. The molecule has 0 radical (unpaired) electrons. The second kappa shape index (κ2) is 13.8. The van der Waals surface area contributed by atoms with E-state index in [1.807, 2.05) is 0 Å². The van der Waals surface area contributed by atoms with Gasteiger partial charge < -0.3 is 37.6 Å². The molecule has 12 nitrogen and oxygen atoms in total. The number of amides is 4. The van der Waals surface area contributed by atoms with Crippen LogP contribution >= 0.6 is 11.8 Å². The molecule has 0 saturated carbocycles. The van der Waals surface area contributed by atoms with Crippen molar-refractivity contribution in [2.24, 2.45) is 17.4 Å². The maximum atomic E-state index is 12.8. The second-order valence-corrected chi connectivity index (χ2v) is 8.39. The smallest absolute Gasteiger partial charge is 0.326 e. The van der Waals surface area contributed by atoms with Crippen LogP contribution in [0.3, 0.4) is 0 Å². The number of carbonyl (C=O) groups is 5. The number of aliphatic hydroxyl groups is 1. The summed E-state index contributed by atoms with van der Waals surface area (Å²) < 4.78 is 0. The van der Waals surface area contributed by atoms with Gasteiger partial charge in [-0.2, -0.15) is 11.8 Å². The molecule has 0 heterocycles. The molecule has 13 heteroatoms. The van der Waals surface area contributed by atoms with Crippen molar-refractivity contribution in [3.8, 4) is 0 Å². The Labute approximate surface area is 185 Å². The average molecular weight is 464 g/mol. The molecule has 31 heavy (non-hydrogen) atoms. The molecule has 5 unspecified atom stereocenters. The number of hydrogen-bond donors (Lipinski definition) is 7. The molecule has 178 valence electrons. The molecule has 4 amide bonds. The van der Waals surface area contributed by atoms with E-state index in [4.69, 9.17) is 11.5 Å². The Bertz CT molecular complexity index is 659. The molecule has 0 aromatic rings. The highest BCUT2D eigenvalue weighted by Gasteiger charge is 2.32. The monoisotopic (exact) mass is 463 g/mol. The van der Waals surface area contributed by atoms with E-state index in [9.17, 15) is 34.2 Å². The van der Waals surface area contributed by atoms with E-state index in [1.165, 1.54) is 18.7 Å². The van der Waals surface area contributed by atoms with Gasteiger partial charge in [0.1, 0.15) is 24.2 Å². The van der Waals surface area contributed by atoms with E-state index < -0.39 is 66.3 Å². The predicted octanol–water partition coefficient (Wildman–Crippen LogP) is -2.48. The highest BCUT2D eigenvalue weighted by molar-refractivity contribution is 7.98. The maximum absolute atomic E-state index is 12.8. The summed E-state index contributed by atoms with van der Waals surface area (Å²) in [5.41, 5.74) is 10.6. The van der Waals surface area contributed by atoms with Crippen molar-refractivity contribution in [1.82, 2.24) is 16.0 Å². The standard InChI is InChI=1S/C18H33N5O7S/c1-8(2)14(23-16(27)13(20)9(3)24)17(28)21-10(5-6-31-4)15(26)22-11(18(29)30)7-12(19)25/h8-11,13-14,24H,5-7,20H2,1-4H3,(H2,19,25)(H,21,28)(H,22,26)(H,23,27)(H,29,30). The van der Waals surface area contributed by atoms with Crippen LogP contribution in [0.1, 0.15) is 33.6 Å². The van der Waals surface area contributed by atoms with Gasteiger partial charge in [-0.1, -0.05) is 13.8 Å². The minimum absolute atomic E-state index is 0.174. The molecule has 9 N–H and O–H groups in total. The van der Waals surface area contributed by atoms with Gasteiger partial charge >= 0.3 is 5.97 Å². The Morgan fingerprint density at radius 1 is 0.935 bits per heavy atom. The molecule has 0 aliphatic rings. The van der Waals surface area contributed by atoms with Crippen LogP contribution in [0.2, 0.25) is 0 Å². The lowest BCUT2D eigenvalue weighted by Gasteiger charge is -2.27. The van der Waals surface area contributed by atoms with Crippen molar-refractivity contribution < 1.29 is 34.2 Å². The van der Waals surface area contributed by atoms with E-state index in [1.54, 1.807) is 20.1 Å². The van der Waals surface area contributed by atoms with Crippen LogP contribution in [0, 0.1) is 5.92 Å². The minimum atomic E-state index is -1.54. The molecule has 0 rings (SSSR count). The van der Waals surface area contributed by atoms with E-state index in [2.05, 4.69) is 16.0 Å². The lowest BCUT2D eigenvalue weighted by atomic mass is 10.0. The number of aliphatic carboxylic acids is 1. The molecule has 0 bridgehead atoms. The van der Waals surface area contributed by atoms with Crippen LogP contribution in [-0.2, 0) is 24.0 Å². The molecular formula is C18H33N5O7S. The van der Waals surface area contributed by atoms with Gasteiger partial charge in [-0.05, 0) is 31.3 Å². The van der Waals surface area contributed by atoms with E-state index in [0.717, 1.165) is 0 Å². The molecule has 0 fully saturated rings. The van der Waals surface area contributed by atoms with Gasteiger partial charge in [0.05, 0.1) is 12.5 Å². The zero-order valence-electron chi connectivity index (χ0n) is 18.1. The SMILES string of the molecule is CSCCC(NC(=O)C(NC(=O)C(N)C(C)O)C(C)C)C(=O)NC(CC(N)=O)C(=O)O. The normalized spacial score (nSPS) is 15.8.